The average molecular weight is 189 g/mol. The molecule has 2 aromatic rings. The van der Waals surface area contributed by atoms with Crippen molar-refractivity contribution >= 4 is 5.69 Å². The van der Waals surface area contributed by atoms with E-state index in [1.54, 1.807) is 17.2 Å². The molecule has 0 saturated heterocycles. The van der Waals surface area contributed by atoms with Gasteiger partial charge in [0, 0.05) is 5.69 Å². The largest absolute Gasteiger partial charge is 0.324 e. The van der Waals surface area contributed by atoms with Gasteiger partial charge in [-0.05, 0) is 17.7 Å². The molecular weight excluding hydrogens is 178 g/mol. The van der Waals surface area contributed by atoms with Gasteiger partial charge < -0.3 is 5.43 Å². The van der Waals surface area contributed by atoms with Gasteiger partial charge in [0.2, 0.25) is 0 Å². The first kappa shape index (κ1) is 8.71. The van der Waals surface area contributed by atoms with Gasteiger partial charge in [0.25, 0.3) is 0 Å². The molecule has 3 N–H and O–H groups in total. The molecule has 1 heterocycles. The number of nitrogens with zero attached hydrogens (tertiary/aromatic N) is 3. The third kappa shape index (κ3) is 1.89. The van der Waals surface area contributed by atoms with Crippen molar-refractivity contribution in [3.8, 4) is 0 Å². The summed E-state index contributed by atoms with van der Waals surface area (Å²) in [6, 6.07) is 7.80. The van der Waals surface area contributed by atoms with Crippen LogP contribution in [0, 0.1) is 0 Å². The minimum absolute atomic E-state index is 0.678. The smallest absolute Gasteiger partial charge is 0.0857 e. The minimum atomic E-state index is 0.678. The Morgan fingerprint density at radius 3 is 2.36 bits per heavy atom. The summed E-state index contributed by atoms with van der Waals surface area (Å²) in [6.07, 6.45) is 3.33. The molecule has 0 spiro atoms. The van der Waals surface area contributed by atoms with Crippen LogP contribution in [0.2, 0.25) is 0 Å². The summed E-state index contributed by atoms with van der Waals surface area (Å²) in [5.41, 5.74) is 4.60. The highest BCUT2D eigenvalue weighted by molar-refractivity contribution is 5.43. The molecule has 0 fully saturated rings. The van der Waals surface area contributed by atoms with Gasteiger partial charge in [-0.1, -0.05) is 12.1 Å². The predicted molar refractivity (Wildman–Crippen MR) is 53.4 cm³/mol. The first-order valence-electron chi connectivity index (χ1n) is 4.28. The maximum Gasteiger partial charge on any atom is 0.0857 e. The number of hydrogen-bond donors (Lipinski definition) is 2. The lowest BCUT2D eigenvalue weighted by Crippen LogP contribution is -2.07. The Kier molecular flexibility index (Phi) is 2.42. The van der Waals surface area contributed by atoms with Gasteiger partial charge in [-0.2, -0.15) is 15.0 Å². The number of rotatable bonds is 3. The number of nitrogens with two attached hydrogens (primary N) is 1. The molecule has 14 heavy (non-hydrogen) atoms. The Hall–Kier alpha value is -1.88. The van der Waals surface area contributed by atoms with Crippen LogP contribution in [0.25, 0.3) is 0 Å². The second-order valence-electron chi connectivity index (χ2n) is 2.90. The standard InChI is InChI=1S/C9H11N5/c10-13-9-3-1-8(2-4-9)7-14-11-5-6-12-14/h1-6,13H,7,10H2. The SMILES string of the molecule is NNc1ccc(Cn2nccn2)cc1. The number of nitrogen functional groups attached to an aromatic ring is 1. The molecule has 0 unspecified atom stereocenters. The van der Waals surface area contributed by atoms with Crippen molar-refractivity contribution in [3.05, 3.63) is 42.2 Å². The molecule has 2 rings (SSSR count). The molecular formula is C9H11N5. The number of aromatic nitrogens is 3. The van der Waals surface area contributed by atoms with Gasteiger partial charge in [-0.15, -0.1) is 0 Å². The van der Waals surface area contributed by atoms with Gasteiger partial charge in [0.05, 0.1) is 18.9 Å². The Balaban J connectivity index is 2.10. The van der Waals surface area contributed by atoms with E-state index in [2.05, 4.69) is 15.6 Å². The van der Waals surface area contributed by atoms with Crippen LogP contribution in [0.15, 0.2) is 36.7 Å². The Morgan fingerprint density at radius 1 is 1.14 bits per heavy atom. The quantitative estimate of drug-likeness (QED) is 0.548. The maximum absolute atomic E-state index is 5.26. The van der Waals surface area contributed by atoms with E-state index in [4.69, 9.17) is 5.84 Å². The number of hydrazine groups is 1. The van der Waals surface area contributed by atoms with Crippen molar-refractivity contribution in [2.45, 2.75) is 6.54 Å². The second-order valence-corrected chi connectivity index (χ2v) is 2.90. The summed E-state index contributed by atoms with van der Waals surface area (Å²) in [4.78, 5) is 1.63. The fourth-order valence-corrected chi connectivity index (χ4v) is 1.19. The lowest BCUT2D eigenvalue weighted by atomic mass is 10.2. The molecule has 1 aromatic heterocycles. The van der Waals surface area contributed by atoms with Crippen LogP contribution in [0.5, 0.6) is 0 Å². The van der Waals surface area contributed by atoms with Crippen molar-refractivity contribution < 1.29 is 0 Å². The monoisotopic (exact) mass is 189 g/mol. The highest BCUT2D eigenvalue weighted by Gasteiger charge is 1.95. The van der Waals surface area contributed by atoms with Crippen molar-refractivity contribution in [2.75, 3.05) is 5.43 Å². The molecule has 0 amide bonds. The molecule has 0 aliphatic carbocycles. The summed E-state index contributed by atoms with van der Waals surface area (Å²) >= 11 is 0. The van der Waals surface area contributed by atoms with Crippen LogP contribution in [-0.2, 0) is 6.54 Å². The molecule has 0 aliphatic heterocycles. The fourth-order valence-electron chi connectivity index (χ4n) is 1.19. The Morgan fingerprint density at radius 2 is 1.79 bits per heavy atom. The van der Waals surface area contributed by atoms with Crippen LogP contribution < -0.4 is 11.3 Å². The Bertz CT molecular complexity index is 378. The summed E-state index contributed by atoms with van der Waals surface area (Å²) < 4.78 is 0. The van der Waals surface area contributed by atoms with E-state index in [9.17, 15) is 0 Å². The summed E-state index contributed by atoms with van der Waals surface area (Å²) in [5, 5.41) is 8.04. The molecule has 72 valence electrons. The number of nitrogens with one attached hydrogen (secondary N) is 1. The number of hydrogen-bond acceptors (Lipinski definition) is 4. The van der Waals surface area contributed by atoms with Crippen molar-refractivity contribution in [2.24, 2.45) is 5.84 Å². The van der Waals surface area contributed by atoms with E-state index >= 15 is 0 Å². The lowest BCUT2D eigenvalue weighted by Gasteiger charge is -2.02. The molecule has 0 bridgehead atoms. The third-order valence-corrected chi connectivity index (χ3v) is 1.91. The van der Waals surface area contributed by atoms with Crippen LogP contribution in [0.4, 0.5) is 5.69 Å². The van der Waals surface area contributed by atoms with Gasteiger partial charge >= 0.3 is 0 Å². The Labute approximate surface area is 81.5 Å². The molecule has 5 nitrogen and oxygen atoms in total. The topological polar surface area (TPSA) is 68.8 Å². The minimum Gasteiger partial charge on any atom is -0.324 e. The normalized spacial score (nSPS) is 10.1. The number of benzene rings is 1. The van der Waals surface area contributed by atoms with Gasteiger partial charge in [0.1, 0.15) is 0 Å². The van der Waals surface area contributed by atoms with Crippen LogP contribution in [-0.4, -0.2) is 15.0 Å². The zero-order valence-electron chi connectivity index (χ0n) is 7.59. The first-order valence-corrected chi connectivity index (χ1v) is 4.28. The van der Waals surface area contributed by atoms with Gasteiger partial charge in [-0.25, -0.2) is 0 Å². The van der Waals surface area contributed by atoms with E-state index in [1.807, 2.05) is 24.3 Å². The lowest BCUT2D eigenvalue weighted by molar-refractivity contribution is 0.591. The summed E-state index contributed by atoms with van der Waals surface area (Å²) in [6.45, 7) is 0.678. The zero-order chi connectivity index (χ0) is 9.80. The van der Waals surface area contributed by atoms with Crippen molar-refractivity contribution in [1.29, 1.82) is 0 Å². The second kappa shape index (κ2) is 3.89. The van der Waals surface area contributed by atoms with Crippen molar-refractivity contribution in [3.63, 3.8) is 0 Å². The van der Waals surface area contributed by atoms with Gasteiger partial charge in [-0.3, -0.25) is 5.84 Å². The highest BCUT2D eigenvalue weighted by atomic mass is 15.5. The zero-order valence-corrected chi connectivity index (χ0v) is 7.59. The first-order chi connectivity index (χ1) is 6.88. The van der Waals surface area contributed by atoms with E-state index in [0.717, 1.165) is 11.3 Å². The molecule has 5 heteroatoms. The number of anilines is 1. The fraction of sp³-hybridized carbons (Fsp3) is 0.111. The van der Waals surface area contributed by atoms with Crippen LogP contribution in [0.3, 0.4) is 0 Å². The maximum atomic E-state index is 5.26. The van der Waals surface area contributed by atoms with Gasteiger partial charge in [0.15, 0.2) is 0 Å². The summed E-state index contributed by atoms with van der Waals surface area (Å²) in [7, 11) is 0. The molecule has 0 radical (unpaired) electrons. The third-order valence-electron chi connectivity index (χ3n) is 1.91. The molecule has 0 saturated carbocycles. The van der Waals surface area contributed by atoms with E-state index in [-0.39, 0.29) is 0 Å². The van der Waals surface area contributed by atoms with Crippen LogP contribution >= 0.6 is 0 Å². The van der Waals surface area contributed by atoms with E-state index in [1.165, 1.54) is 0 Å². The van der Waals surface area contributed by atoms with E-state index in [0.29, 0.717) is 6.54 Å². The summed E-state index contributed by atoms with van der Waals surface area (Å²) in [5.74, 6) is 5.26. The van der Waals surface area contributed by atoms with E-state index < -0.39 is 0 Å². The van der Waals surface area contributed by atoms with Crippen LogP contribution in [0.1, 0.15) is 5.56 Å². The molecule has 0 atom stereocenters. The van der Waals surface area contributed by atoms with Crippen molar-refractivity contribution in [1.82, 2.24) is 15.0 Å². The highest BCUT2D eigenvalue weighted by Crippen LogP contribution is 2.08. The molecule has 0 aliphatic rings. The molecule has 1 aromatic carbocycles. The predicted octanol–water partition coefficient (Wildman–Crippen LogP) is 0.612. The average Bonchev–Trinajstić information content (AvgIpc) is 2.72.